The molecule has 0 spiro atoms. The van der Waals surface area contributed by atoms with E-state index in [1.165, 1.54) is 18.3 Å². The highest BCUT2D eigenvalue weighted by molar-refractivity contribution is 9.10. The number of nitrogens with one attached hydrogen (secondary N) is 2. The molecule has 0 saturated heterocycles. The highest BCUT2D eigenvalue weighted by Crippen LogP contribution is 2.19. The third-order valence-electron chi connectivity index (χ3n) is 2.35. The fraction of sp³-hybridized carbons (Fsp3) is 0.0769. The highest BCUT2D eigenvalue weighted by Gasteiger charge is 2.06. The first-order valence-corrected chi connectivity index (χ1v) is 6.11. The molecule has 4 nitrogen and oxygen atoms in total. The van der Waals surface area contributed by atoms with Crippen molar-refractivity contribution in [2.45, 2.75) is 6.92 Å². The highest BCUT2D eigenvalue weighted by atomic mass is 79.9. The van der Waals surface area contributed by atoms with Crippen LogP contribution in [-0.2, 0) is 0 Å². The van der Waals surface area contributed by atoms with E-state index >= 15 is 0 Å². The van der Waals surface area contributed by atoms with Gasteiger partial charge in [-0.1, -0.05) is 15.9 Å². The van der Waals surface area contributed by atoms with Crippen LogP contribution in [0.3, 0.4) is 0 Å². The van der Waals surface area contributed by atoms with Crippen LogP contribution in [0.5, 0.6) is 0 Å². The van der Waals surface area contributed by atoms with E-state index < -0.39 is 0 Å². The molecular weight excluding hydrogens is 296 g/mol. The third-order valence-corrected chi connectivity index (χ3v) is 2.80. The minimum Gasteiger partial charge on any atom is -0.328 e. The van der Waals surface area contributed by atoms with Gasteiger partial charge >= 0.3 is 0 Å². The van der Waals surface area contributed by atoms with Crippen LogP contribution in [-0.4, -0.2) is 10.9 Å². The second-order valence-electron chi connectivity index (χ2n) is 3.91. The Kier molecular flexibility index (Phi) is 3.62. The van der Waals surface area contributed by atoms with Crippen molar-refractivity contribution in [3.63, 3.8) is 0 Å². The molecule has 18 heavy (non-hydrogen) atoms. The molecule has 2 aromatic rings. The van der Waals surface area contributed by atoms with Gasteiger partial charge in [0.15, 0.2) is 0 Å². The van der Waals surface area contributed by atoms with Crippen molar-refractivity contribution < 1.29 is 4.79 Å². The van der Waals surface area contributed by atoms with Crippen molar-refractivity contribution in [2.75, 3.05) is 5.32 Å². The zero-order valence-electron chi connectivity index (χ0n) is 9.66. The average molecular weight is 307 g/mol. The molecule has 0 bridgehead atoms. The van der Waals surface area contributed by atoms with Crippen LogP contribution >= 0.6 is 15.9 Å². The van der Waals surface area contributed by atoms with Crippen molar-refractivity contribution >= 4 is 27.5 Å². The number of carbonyl (C=O) groups excluding carboxylic acids is 1. The zero-order valence-corrected chi connectivity index (χ0v) is 11.2. The maximum absolute atomic E-state index is 11.9. The van der Waals surface area contributed by atoms with Gasteiger partial charge in [0.05, 0.1) is 5.56 Å². The summed E-state index contributed by atoms with van der Waals surface area (Å²) in [5.41, 5.74) is 1.93. The summed E-state index contributed by atoms with van der Waals surface area (Å²) in [7, 11) is 0. The number of hydrogen-bond donors (Lipinski definition) is 2. The van der Waals surface area contributed by atoms with Gasteiger partial charge in [-0.15, -0.1) is 0 Å². The van der Waals surface area contributed by atoms with E-state index in [4.69, 9.17) is 0 Å². The monoisotopic (exact) mass is 306 g/mol. The van der Waals surface area contributed by atoms with Gasteiger partial charge in [-0.05, 0) is 36.8 Å². The summed E-state index contributed by atoms with van der Waals surface area (Å²) in [6.45, 7) is 1.94. The topological polar surface area (TPSA) is 62.0 Å². The lowest BCUT2D eigenvalue weighted by molar-refractivity contribution is 0.102. The molecule has 1 heterocycles. The summed E-state index contributed by atoms with van der Waals surface area (Å²) in [6, 6.07) is 8.45. The number of rotatable bonds is 2. The first kappa shape index (κ1) is 12.6. The summed E-state index contributed by atoms with van der Waals surface area (Å²) in [6.07, 6.45) is 1.39. The second kappa shape index (κ2) is 5.18. The van der Waals surface area contributed by atoms with Gasteiger partial charge in [0, 0.05) is 22.4 Å². The van der Waals surface area contributed by atoms with Gasteiger partial charge in [-0.2, -0.15) is 0 Å². The van der Waals surface area contributed by atoms with E-state index in [9.17, 15) is 9.59 Å². The molecular formula is C13H11BrN2O2. The van der Waals surface area contributed by atoms with Gasteiger partial charge in [-0.3, -0.25) is 9.59 Å². The van der Waals surface area contributed by atoms with Crippen molar-refractivity contribution in [1.82, 2.24) is 4.98 Å². The molecule has 0 saturated carbocycles. The van der Waals surface area contributed by atoms with Crippen molar-refractivity contribution in [3.8, 4) is 0 Å². The van der Waals surface area contributed by atoms with Gasteiger partial charge in [0.2, 0.25) is 5.56 Å². The molecule has 2 rings (SSSR count). The molecule has 1 aromatic heterocycles. The maximum atomic E-state index is 11.9. The lowest BCUT2D eigenvalue weighted by atomic mass is 10.2. The Morgan fingerprint density at radius 3 is 2.67 bits per heavy atom. The summed E-state index contributed by atoms with van der Waals surface area (Å²) in [5, 5.41) is 2.77. The van der Waals surface area contributed by atoms with E-state index in [1.54, 1.807) is 0 Å². The molecule has 92 valence electrons. The summed E-state index contributed by atoms with van der Waals surface area (Å²) in [4.78, 5) is 25.3. The number of amides is 1. The van der Waals surface area contributed by atoms with Crippen LogP contribution < -0.4 is 10.9 Å². The minimum atomic E-state index is -0.260. The first-order valence-electron chi connectivity index (χ1n) is 5.32. The van der Waals surface area contributed by atoms with Crippen LogP contribution in [0.2, 0.25) is 0 Å². The van der Waals surface area contributed by atoms with E-state index in [0.29, 0.717) is 11.3 Å². The lowest BCUT2D eigenvalue weighted by Crippen LogP contribution is -2.14. The normalized spacial score (nSPS) is 10.1. The van der Waals surface area contributed by atoms with Crippen LogP contribution in [0.25, 0.3) is 0 Å². The van der Waals surface area contributed by atoms with Crippen LogP contribution in [0.4, 0.5) is 5.69 Å². The molecule has 0 aliphatic heterocycles. The van der Waals surface area contributed by atoms with E-state index in [2.05, 4.69) is 26.2 Å². The number of anilines is 1. The fourth-order valence-electron chi connectivity index (χ4n) is 1.56. The molecule has 2 N–H and O–H groups in total. The molecule has 0 fully saturated rings. The Bertz CT molecular complexity index is 609. The third kappa shape index (κ3) is 3.07. The average Bonchev–Trinajstić information content (AvgIpc) is 2.28. The van der Waals surface area contributed by atoms with E-state index in [-0.39, 0.29) is 11.5 Å². The number of aromatic nitrogens is 1. The number of benzene rings is 1. The lowest BCUT2D eigenvalue weighted by Gasteiger charge is -2.06. The molecule has 0 unspecified atom stereocenters. The molecule has 5 heteroatoms. The Balaban J connectivity index is 2.21. The van der Waals surface area contributed by atoms with Gasteiger partial charge in [0.25, 0.3) is 5.91 Å². The number of carbonyl (C=O) groups is 1. The Morgan fingerprint density at radius 2 is 2.06 bits per heavy atom. The van der Waals surface area contributed by atoms with E-state index in [1.807, 2.05) is 25.1 Å². The van der Waals surface area contributed by atoms with Gasteiger partial charge in [-0.25, -0.2) is 0 Å². The molecule has 1 amide bonds. The fourth-order valence-corrected chi connectivity index (χ4v) is 2.17. The van der Waals surface area contributed by atoms with Crippen LogP contribution in [0.15, 0.2) is 45.8 Å². The summed E-state index contributed by atoms with van der Waals surface area (Å²) < 4.78 is 0.902. The van der Waals surface area contributed by atoms with Crippen LogP contribution in [0, 0.1) is 6.92 Å². The maximum Gasteiger partial charge on any atom is 0.257 e. The smallest absolute Gasteiger partial charge is 0.257 e. The number of aryl methyl sites for hydroxylation is 1. The quantitative estimate of drug-likeness (QED) is 0.896. The second-order valence-corrected chi connectivity index (χ2v) is 4.83. The Labute approximate surface area is 112 Å². The molecule has 0 aliphatic rings. The zero-order chi connectivity index (χ0) is 13.1. The Hall–Kier alpha value is -1.88. The van der Waals surface area contributed by atoms with Gasteiger partial charge < -0.3 is 10.3 Å². The summed E-state index contributed by atoms with van der Waals surface area (Å²) in [5.74, 6) is -0.260. The Morgan fingerprint density at radius 1 is 1.28 bits per heavy atom. The number of halogens is 1. The molecule has 1 aromatic carbocycles. The number of hydrogen-bond acceptors (Lipinski definition) is 2. The SMILES string of the molecule is Cc1cc(Br)cc(NC(=O)c2ccc(=O)[nH]c2)c1. The number of pyridine rings is 1. The van der Waals surface area contributed by atoms with Crippen molar-refractivity contribution in [3.05, 3.63) is 62.5 Å². The molecule has 0 atom stereocenters. The van der Waals surface area contributed by atoms with Crippen molar-refractivity contribution in [2.24, 2.45) is 0 Å². The predicted molar refractivity (Wildman–Crippen MR) is 73.9 cm³/mol. The van der Waals surface area contributed by atoms with Gasteiger partial charge in [0.1, 0.15) is 0 Å². The van der Waals surface area contributed by atoms with Crippen molar-refractivity contribution in [1.29, 1.82) is 0 Å². The molecule has 0 radical (unpaired) electrons. The molecule has 0 aliphatic carbocycles. The number of aromatic amines is 1. The first-order chi connectivity index (χ1) is 8.54. The van der Waals surface area contributed by atoms with E-state index in [0.717, 1.165) is 10.0 Å². The van der Waals surface area contributed by atoms with Crippen LogP contribution in [0.1, 0.15) is 15.9 Å². The minimum absolute atomic E-state index is 0.232. The number of H-pyrrole nitrogens is 1. The largest absolute Gasteiger partial charge is 0.328 e. The standard InChI is InChI=1S/C13H11BrN2O2/c1-8-4-10(14)6-11(5-8)16-13(18)9-2-3-12(17)15-7-9/h2-7H,1H3,(H,15,17)(H,16,18). The predicted octanol–water partition coefficient (Wildman–Crippen LogP) is 2.70. The summed E-state index contributed by atoms with van der Waals surface area (Å²) >= 11 is 3.37.